The third kappa shape index (κ3) is 4.57. The molecule has 0 saturated carbocycles. The molecule has 50 heavy (non-hydrogen) atoms. The maximum absolute atomic E-state index is 2.51. The zero-order valence-corrected chi connectivity index (χ0v) is 27.6. The van der Waals surface area contributed by atoms with Crippen LogP contribution in [0.25, 0.3) is 88.4 Å². The van der Waals surface area contributed by atoms with Crippen molar-refractivity contribution in [2.45, 2.75) is 12.8 Å². The Labute approximate surface area is 291 Å². The lowest BCUT2D eigenvalue weighted by Gasteiger charge is -2.15. The quantitative estimate of drug-likeness (QED) is 0.178. The smallest absolute Gasteiger partial charge is 0.0548 e. The first kappa shape index (κ1) is 28.6. The van der Waals surface area contributed by atoms with Gasteiger partial charge < -0.3 is 9.13 Å². The molecule has 0 radical (unpaired) electrons. The molecule has 10 rings (SSSR count). The van der Waals surface area contributed by atoms with Gasteiger partial charge in [0.25, 0.3) is 0 Å². The first-order valence-corrected chi connectivity index (χ1v) is 17.5. The van der Waals surface area contributed by atoms with Gasteiger partial charge in [-0.2, -0.15) is 0 Å². The van der Waals surface area contributed by atoms with Gasteiger partial charge in [-0.1, -0.05) is 127 Å². The molecule has 0 spiro atoms. The van der Waals surface area contributed by atoms with Crippen LogP contribution in [-0.4, -0.2) is 9.13 Å². The van der Waals surface area contributed by atoms with Gasteiger partial charge in [0.2, 0.25) is 0 Å². The number of aromatic nitrogens is 2. The van der Waals surface area contributed by atoms with Gasteiger partial charge in [-0.05, 0) is 101 Å². The van der Waals surface area contributed by atoms with Crippen molar-refractivity contribution in [1.29, 1.82) is 0 Å². The molecule has 1 aliphatic carbocycles. The van der Waals surface area contributed by atoms with Crippen LogP contribution in [0.2, 0.25) is 0 Å². The number of para-hydroxylation sites is 1. The predicted octanol–water partition coefficient (Wildman–Crippen LogP) is 13.1. The molecule has 0 saturated heterocycles. The molecule has 9 aromatic rings. The van der Waals surface area contributed by atoms with Gasteiger partial charge in [0.05, 0.1) is 22.1 Å². The largest absolute Gasteiger partial charge is 0.313 e. The van der Waals surface area contributed by atoms with Crippen molar-refractivity contribution >= 4 is 49.3 Å². The molecule has 236 valence electrons. The Morgan fingerprint density at radius 1 is 0.380 bits per heavy atom. The first-order valence-electron chi connectivity index (χ1n) is 17.5. The summed E-state index contributed by atoms with van der Waals surface area (Å²) >= 11 is 0. The summed E-state index contributed by atoms with van der Waals surface area (Å²) in [5, 5.41) is 5.16. The fourth-order valence-corrected chi connectivity index (χ4v) is 8.08. The lowest BCUT2D eigenvalue weighted by atomic mass is 9.98. The van der Waals surface area contributed by atoms with Gasteiger partial charge in [-0.3, -0.25) is 0 Å². The number of fused-ring (bicyclic) bond motifs is 7. The summed E-state index contributed by atoms with van der Waals surface area (Å²) in [5.41, 5.74) is 14.7. The number of allylic oxidation sites excluding steroid dienone is 4. The molecule has 0 aliphatic heterocycles. The van der Waals surface area contributed by atoms with Crippen LogP contribution in [0.1, 0.15) is 12.8 Å². The van der Waals surface area contributed by atoms with E-state index in [2.05, 4.69) is 191 Å². The van der Waals surface area contributed by atoms with Crippen molar-refractivity contribution in [1.82, 2.24) is 9.13 Å². The van der Waals surface area contributed by atoms with Gasteiger partial charge in [0, 0.05) is 32.9 Å². The summed E-state index contributed by atoms with van der Waals surface area (Å²) in [6.07, 6.45) is 8.84. The normalized spacial score (nSPS) is 13.1. The topological polar surface area (TPSA) is 9.86 Å². The monoisotopic (exact) mass is 638 g/mol. The number of hydrogen-bond acceptors (Lipinski definition) is 0. The van der Waals surface area contributed by atoms with Crippen molar-refractivity contribution in [3.05, 3.63) is 182 Å². The Hall–Kier alpha value is -6.38. The fourth-order valence-electron chi connectivity index (χ4n) is 8.08. The van der Waals surface area contributed by atoms with Crippen molar-refractivity contribution < 1.29 is 0 Å². The standard InChI is InChI=1S/C48H34N2/c1-5-15-33(16-6-1)36-25-26-44-42(32-36)48-46(49(44)39-21-11-4-12-22-39)28-27-45-47(48)41-23-13-14-24-43(41)50(45)40-30-37(34-17-7-2-8-18-34)29-38(31-40)35-19-9-3-10-20-35/h1-11,13-21,23-32H,12,22H2. The van der Waals surface area contributed by atoms with Crippen LogP contribution in [0.15, 0.2) is 182 Å². The van der Waals surface area contributed by atoms with Gasteiger partial charge in [0.1, 0.15) is 0 Å². The Bertz CT molecular complexity index is 2720. The molecule has 0 unspecified atom stereocenters. The lowest BCUT2D eigenvalue weighted by molar-refractivity contribution is 0.979. The zero-order chi connectivity index (χ0) is 33.0. The average molecular weight is 639 g/mol. The minimum atomic E-state index is 1.02. The van der Waals surface area contributed by atoms with Gasteiger partial charge >= 0.3 is 0 Å². The second-order valence-corrected chi connectivity index (χ2v) is 13.3. The molecule has 0 bridgehead atoms. The molecule has 1 aliphatic rings. The fraction of sp³-hybridized carbons (Fsp3) is 0.0417. The van der Waals surface area contributed by atoms with Gasteiger partial charge in [0.15, 0.2) is 0 Å². The van der Waals surface area contributed by atoms with Crippen LogP contribution < -0.4 is 0 Å². The highest BCUT2D eigenvalue weighted by atomic mass is 15.0. The maximum Gasteiger partial charge on any atom is 0.0548 e. The predicted molar refractivity (Wildman–Crippen MR) is 213 cm³/mol. The summed E-state index contributed by atoms with van der Waals surface area (Å²) in [6, 6.07) is 60.0. The van der Waals surface area contributed by atoms with Crippen LogP contribution in [0, 0.1) is 0 Å². The molecule has 7 aromatic carbocycles. The van der Waals surface area contributed by atoms with Crippen molar-refractivity contribution in [3.63, 3.8) is 0 Å². The Morgan fingerprint density at radius 3 is 1.56 bits per heavy atom. The van der Waals surface area contributed by atoms with E-state index in [9.17, 15) is 0 Å². The molecule has 0 N–H and O–H groups in total. The van der Waals surface area contributed by atoms with E-state index in [0.717, 1.165) is 18.5 Å². The van der Waals surface area contributed by atoms with Gasteiger partial charge in [-0.15, -0.1) is 0 Å². The third-order valence-electron chi connectivity index (χ3n) is 10.3. The molecule has 2 heterocycles. The summed E-state index contributed by atoms with van der Waals surface area (Å²) in [4.78, 5) is 0. The molecule has 2 aromatic heterocycles. The minimum Gasteiger partial charge on any atom is -0.313 e. The van der Waals surface area contributed by atoms with Crippen molar-refractivity contribution in [2.24, 2.45) is 0 Å². The third-order valence-corrected chi connectivity index (χ3v) is 10.3. The summed E-state index contributed by atoms with van der Waals surface area (Å²) in [5.74, 6) is 0. The second kappa shape index (κ2) is 11.6. The SMILES string of the molecule is C1=CCCC(n2c3ccc(-c4ccccc4)cc3c3c4c5ccccc5n(-c5cc(-c6ccccc6)cc(-c6ccccc6)c5)c4ccc32)=C1. The van der Waals surface area contributed by atoms with E-state index >= 15 is 0 Å². The number of hydrogen-bond donors (Lipinski definition) is 0. The Balaban J connectivity index is 1.32. The van der Waals surface area contributed by atoms with Gasteiger partial charge in [-0.25, -0.2) is 0 Å². The summed E-state index contributed by atoms with van der Waals surface area (Å²) in [7, 11) is 0. The van der Waals surface area contributed by atoms with E-state index in [-0.39, 0.29) is 0 Å². The molecular weight excluding hydrogens is 605 g/mol. The minimum absolute atomic E-state index is 1.02. The van der Waals surface area contributed by atoms with E-state index in [1.54, 1.807) is 0 Å². The Morgan fingerprint density at radius 2 is 0.920 bits per heavy atom. The average Bonchev–Trinajstić information content (AvgIpc) is 3.71. The van der Waals surface area contributed by atoms with E-state index in [1.807, 2.05) is 0 Å². The number of nitrogens with zero attached hydrogens (tertiary/aromatic N) is 2. The van der Waals surface area contributed by atoms with Crippen molar-refractivity contribution in [3.8, 4) is 39.1 Å². The lowest BCUT2D eigenvalue weighted by Crippen LogP contribution is -1.99. The summed E-state index contributed by atoms with van der Waals surface area (Å²) in [6.45, 7) is 0. The van der Waals surface area contributed by atoms with Crippen LogP contribution in [-0.2, 0) is 0 Å². The number of benzene rings is 7. The van der Waals surface area contributed by atoms with Crippen LogP contribution in [0.3, 0.4) is 0 Å². The molecular formula is C48H34N2. The van der Waals surface area contributed by atoms with Crippen LogP contribution in [0.4, 0.5) is 0 Å². The summed E-state index contributed by atoms with van der Waals surface area (Å²) < 4.78 is 4.99. The van der Waals surface area contributed by atoms with Crippen molar-refractivity contribution in [2.75, 3.05) is 0 Å². The zero-order valence-electron chi connectivity index (χ0n) is 27.6. The molecule has 0 amide bonds. The first-order chi connectivity index (χ1) is 24.8. The molecule has 0 atom stereocenters. The second-order valence-electron chi connectivity index (χ2n) is 13.3. The molecule has 0 fully saturated rings. The molecule has 2 nitrogen and oxygen atoms in total. The highest BCUT2D eigenvalue weighted by Gasteiger charge is 2.22. The maximum atomic E-state index is 2.51. The van der Waals surface area contributed by atoms with Crippen LogP contribution in [0.5, 0.6) is 0 Å². The highest BCUT2D eigenvalue weighted by Crippen LogP contribution is 2.44. The molecule has 2 heteroatoms. The van der Waals surface area contributed by atoms with E-state index in [0.29, 0.717) is 0 Å². The van der Waals surface area contributed by atoms with E-state index < -0.39 is 0 Å². The number of rotatable bonds is 5. The highest BCUT2D eigenvalue weighted by molar-refractivity contribution is 6.29. The van der Waals surface area contributed by atoms with E-state index in [4.69, 9.17) is 0 Å². The van der Waals surface area contributed by atoms with E-state index in [1.165, 1.54) is 82.7 Å². The van der Waals surface area contributed by atoms with Crippen LogP contribution >= 0.6 is 0 Å². The Kier molecular flexibility index (Phi) is 6.67.